The number of halogens is 2. The maximum atomic E-state index is 14.6. The Labute approximate surface area is 284 Å². The second-order valence-corrected chi connectivity index (χ2v) is 19.3. The van der Waals surface area contributed by atoms with Gasteiger partial charge in [0.1, 0.15) is 6.04 Å². The number of ketones is 1. The maximum absolute atomic E-state index is 14.6. The molecule has 0 radical (unpaired) electrons. The van der Waals surface area contributed by atoms with Crippen molar-refractivity contribution in [3.63, 3.8) is 0 Å². The van der Waals surface area contributed by atoms with Crippen molar-refractivity contribution < 1.29 is 36.4 Å². The zero-order valence-corrected chi connectivity index (χ0v) is 30.5. The highest BCUT2D eigenvalue weighted by Crippen LogP contribution is 2.65. The van der Waals surface area contributed by atoms with Gasteiger partial charge in [-0.25, -0.2) is 17.2 Å². The monoisotopic (exact) mass is 696 g/mol. The summed E-state index contributed by atoms with van der Waals surface area (Å²) in [6, 6.07) is -3.23. The average molecular weight is 697 g/mol. The second kappa shape index (κ2) is 13.8. The molecule has 270 valence electrons. The molecule has 13 heteroatoms. The van der Waals surface area contributed by atoms with E-state index in [2.05, 4.69) is 28.4 Å². The van der Waals surface area contributed by atoms with Gasteiger partial charge >= 0.3 is 0 Å². The van der Waals surface area contributed by atoms with Gasteiger partial charge < -0.3 is 15.5 Å². The van der Waals surface area contributed by atoms with Crippen molar-refractivity contribution in [1.82, 2.24) is 20.9 Å². The lowest BCUT2D eigenvalue weighted by atomic mass is 9.77. The highest BCUT2D eigenvalue weighted by atomic mass is 32.2. The number of hydrogen-bond donors (Lipinski definition) is 3. The van der Waals surface area contributed by atoms with Crippen LogP contribution in [0.5, 0.6) is 0 Å². The Bertz CT molecular complexity index is 1430. The van der Waals surface area contributed by atoms with E-state index in [-0.39, 0.29) is 56.0 Å². The van der Waals surface area contributed by atoms with E-state index < -0.39 is 91.7 Å². The highest BCUT2D eigenvalue weighted by molar-refractivity contribution is 7.92. The second-order valence-electron chi connectivity index (χ2n) is 16.5. The number of fused-ring (bicyclic) bond motifs is 1. The molecule has 1 saturated heterocycles. The smallest absolute Gasteiger partial charge is 0.289 e. The molecule has 0 bridgehead atoms. The first-order valence-corrected chi connectivity index (χ1v) is 18.3. The Balaban J connectivity index is 1.97. The summed E-state index contributed by atoms with van der Waals surface area (Å²) in [7, 11) is -3.79. The first kappa shape index (κ1) is 39.6. The van der Waals surface area contributed by atoms with Gasteiger partial charge in [0.25, 0.3) is 5.91 Å². The Kier molecular flexibility index (Phi) is 11.4. The van der Waals surface area contributed by atoms with Gasteiger partial charge in [-0.2, -0.15) is 0 Å². The molecule has 3 rings (SSSR count). The minimum absolute atomic E-state index is 0.0162. The van der Waals surface area contributed by atoms with E-state index in [1.54, 1.807) is 41.5 Å². The predicted molar refractivity (Wildman–Crippen MR) is 181 cm³/mol. The number of hydrogen-bond acceptors (Lipinski definition) is 7. The maximum Gasteiger partial charge on any atom is 0.289 e. The number of likely N-dealkylation sites (tertiary alicyclic amines) is 1. The van der Waals surface area contributed by atoms with Gasteiger partial charge in [-0.1, -0.05) is 40.7 Å². The van der Waals surface area contributed by atoms with E-state index in [1.165, 1.54) is 11.0 Å². The molecule has 3 amide bonds. The molecule has 3 N–H and O–H groups in total. The van der Waals surface area contributed by atoms with Gasteiger partial charge in [-0.05, 0) is 62.7 Å². The van der Waals surface area contributed by atoms with Gasteiger partial charge in [-0.3, -0.25) is 24.5 Å². The van der Waals surface area contributed by atoms with Crippen molar-refractivity contribution in [2.75, 3.05) is 18.8 Å². The number of carbonyl (C=O) groups excluding carboxylic acids is 4. The number of alkyl halides is 2. The number of sulfone groups is 1. The van der Waals surface area contributed by atoms with Gasteiger partial charge in [-0.15, -0.1) is 18.9 Å². The molecule has 0 aromatic carbocycles. The van der Waals surface area contributed by atoms with Crippen molar-refractivity contribution in [1.29, 1.82) is 0 Å². The molecule has 1 aliphatic heterocycles. The molecule has 48 heavy (non-hydrogen) atoms. The number of terminal acetylenes is 1. The van der Waals surface area contributed by atoms with Gasteiger partial charge in [0.2, 0.25) is 23.5 Å². The molecular formula is C35H54F2N4O6S. The van der Waals surface area contributed by atoms with Crippen molar-refractivity contribution in [2.45, 2.75) is 128 Å². The van der Waals surface area contributed by atoms with E-state index >= 15 is 0 Å². The summed E-state index contributed by atoms with van der Waals surface area (Å²) >= 11 is 0. The van der Waals surface area contributed by atoms with E-state index in [1.807, 2.05) is 13.8 Å². The van der Waals surface area contributed by atoms with Crippen LogP contribution in [0.3, 0.4) is 0 Å². The number of piperidine rings is 1. The summed E-state index contributed by atoms with van der Waals surface area (Å²) in [5, 5.41) is 8.44. The van der Waals surface area contributed by atoms with Crippen LogP contribution < -0.4 is 16.0 Å². The number of nitrogens with zero attached hydrogens (tertiary/aromatic N) is 1. The fourth-order valence-electron chi connectivity index (χ4n) is 7.10. The van der Waals surface area contributed by atoms with Gasteiger partial charge in [0.15, 0.2) is 9.84 Å². The van der Waals surface area contributed by atoms with Crippen LogP contribution in [0.25, 0.3) is 0 Å². The fraction of sp³-hybridized carbons (Fsp3) is 0.771. The topological polar surface area (TPSA) is 142 Å². The largest absolute Gasteiger partial charge is 0.346 e. The summed E-state index contributed by atoms with van der Waals surface area (Å²) in [5.41, 5.74) is -2.39. The molecule has 3 fully saturated rings. The normalized spacial score (nSPS) is 25.5. The fourth-order valence-corrected chi connectivity index (χ4v) is 8.64. The number of carbonyl (C=O) groups is 4. The van der Waals surface area contributed by atoms with E-state index in [4.69, 9.17) is 6.42 Å². The first-order valence-electron chi connectivity index (χ1n) is 16.7. The van der Waals surface area contributed by atoms with Crippen LogP contribution in [0.4, 0.5) is 8.78 Å². The highest BCUT2D eigenvalue weighted by Gasteiger charge is 2.70. The van der Waals surface area contributed by atoms with Crippen LogP contribution in [0.1, 0.15) is 93.9 Å². The third-order valence-corrected chi connectivity index (χ3v) is 13.3. The summed E-state index contributed by atoms with van der Waals surface area (Å²) in [6.07, 6.45) is 5.63. The summed E-state index contributed by atoms with van der Waals surface area (Å²) < 4.78 is 54.7. The lowest BCUT2D eigenvalue weighted by Crippen LogP contribution is -2.66. The van der Waals surface area contributed by atoms with Crippen LogP contribution >= 0.6 is 0 Å². The summed E-state index contributed by atoms with van der Waals surface area (Å²) in [4.78, 5) is 55.7. The average Bonchev–Trinajstić information content (AvgIpc) is 3.27. The van der Waals surface area contributed by atoms with Crippen LogP contribution in [0.2, 0.25) is 0 Å². The SMILES string of the molecule is C#CCCC(NC(=O)[C@@H]1[C@@H]2[C@H](CN1C(=O)[C@@H](NC1(CS(=O)(=O)C(C)(C)C)CCC(F)(F)CC1)C(C)(C)C)C2(C)C)C(=O)C(=O)NCC=C. The Morgan fingerprint density at radius 1 is 1.06 bits per heavy atom. The molecule has 1 heterocycles. The quantitative estimate of drug-likeness (QED) is 0.152. The van der Waals surface area contributed by atoms with Gasteiger partial charge in [0, 0.05) is 37.9 Å². The van der Waals surface area contributed by atoms with Crippen LogP contribution in [-0.2, 0) is 29.0 Å². The molecule has 1 unspecified atom stereocenters. The van der Waals surface area contributed by atoms with E-state index in [9.17, 15) is 36.4 Å². The minimum Gasteiger partial charge on any atom is -0.346 e. The molecule has 2 aliphatic carbocycles. The van der Waals surface area contributed by atoms with Crippen molar-refractivity contribution in [2.24, 2.45) is 22.7 Å². The van der Waals surface area contributed by atoms with Gasteiger partial charge in [0.05, 0.1) is 22.6 Å². The minimum atomic E-state index is -3.79. The zero-order chi connectivity index (χ0) is 36.7. The van der Waals surface area contributed by atoms with Crippen LogP contribution in [-0.4, -0.2) is 90.0 Å². The molecule has 0 aromatic rings. The van der Waals surface area contributed by atoms with E-state index in [0.29, 0.717) is 0 Å². The number of nitrogens with one attached hydrogen (secondary N) is 3. The first-order chi connectivity index (χ1) is 21.8. The van der Waals surface area contributed by atoms with Crippen molar-refractivity contribution in [3.05, 3.63) is 12.7 Å². The lowest BCUT2D eigenvalue weighted by Gasteiger charge is -2.47. The molecule has 10 nitrogen and oxygen atoms in total. The third-order valence-electron chi connectivity index (χ3n) is 10.5. The summed E-state index contributed by atoms with van der Waals surface area (Å²) in [5.74, 6) is -4.00. The van der Waals surface area contributed by atoms with E-state index in [0.717, 1.165) is 0 Å². The Morgan fingerprint density at radius 3 is 2.15 bits per heavy atom. The van der Waals surface area contributed by atoms with Crippen LogP contribution in [0.15, 0.2) is 12.7 Å². The Morgan fingerprint density at radius 2 is 1.65 bits per heavy atom. The standard InChI is InChI=1S/C35H54F2N4O6S/c1-11-13-14-23(26(42)29(44)38-19-12-2)39-28(43)25-24-22(33(24,9)10)20-41(25)30(45)27(31(3,4)5)40-34(15-17-35(36,37)18-16-34)21-48(46,47)32(6,7)8/h1,12,22-25,27,40H,2,13-21H2,3-10H3,(H,38,44)(H,39,43)/t22-,23?,24-,25-,27+/m0/s1. The molecule has 0 aromatic heterocycles. The zero-order valence-electron chi connectivity index (χ0n) is 29.7. The lowest BCUT2D eigenvalue weighted by molar-refractivity contribution is -0.146. The predicted octanol–water partition coefficient (Wildman–Crippen LogP) is 3.40. The number of Topliss-reactive ketones (excluding diaryl/α,β-unsaturated/α-hetero) is 1. The number of rotatable bonds is 13. The Hall–Kier alpha value is -2.85. The van der Waals surface area contributed by atoms with Crippen molar-refractivity contribution in [3.8, 4) is 12.3 Å². The van der Waals surface area contributed by atoms with Crippen LogP contribution in [0, 0.1) is 35.0 Å². The van der Waals surface area contributed by atoms with Crippen molar-refractivity contribution >= 4 is 33.3 Å². The third kappa shape index (κ3) is 8.47. The number of amides is 3. The molecule has 0 spiro atoms. The molecular weight excluding hydrogens is 642 g/mol. The molecule has 3 aliphatic rings. The summed E-state index contributed by atoms with van der Waals surface area (Å²) in [6.45, 7) is 17.9. The molecule has 2 saturated carbocycles. The molecule has 5 atom stereocenters.